The maximum Gasteiger partial charge on any atom is 0.251 e. The predicted octanol–water partition coefficient (Wildman–Crippen LogP) is 4.57. The minimum absolute atomic E-state index is 0.00674. The highest BCUT2D eigenvalue weighted by atomic mass is 35.5. The molecule has 1 aromatic carbocycles. The van der Waals surface area contributed by atoms with Crippen LogP contribution in [0.2, 0.25) is 5.02 Å². The van der Waals surface area contributed by atoms with Crippen LogP contribution in [0.1, 0.15) is 66.4 Å². The number of benzene rings is 1. The van der Waals surface area contributed by atoms with Gasteiger partial charge in [0.1, 0.15) is 0 Å². The summed E-state index contributed by atoms with van der Waals surface area (Å²) in [6, 6.07) is 8.51. The Morgan fingerprint density at radius 1 is 1.25 bits per heavy atom. The first-order valence-electron chi connectivity index (χ1n) is 12.5. The molecular weight excluding hydrogens is 486 g/mol. The second kappa shape index (κ2) is 10.8. The van der Waals surface area contributed by atoms with Crippen molar-refractivity contribution in [3.63, 3.8) is 0 Å². The van der Waals surface area contributed by atoms with E-state index in [2.05, 4.69) is 15.2 Å². The molecular formula is C27H33ClF2N4O2. The molecule has 194 valence electrons. The summed E-state index contributed by atoms with van der Waals surface area (Å²) in [6.45, 7) is 3.17. The molecule has 3 N–H and O–H groups in total. The Labute approximate surface area is 215 Å². The van der Waals surface area contributed by atoms with Crippen LogP contribution >= 0.6 is 11.6 Å². The average molecular weight is 519 g/mol. The van der Waals surface area contributed by atoms with Gasteiger partial charge in [-0.15, -0.1) is 0 Å². The van der Waals surface area contributed by atoms with Gasteiger partial charge in [0.15, 0.2) is 0 Å². The number of alkyl halides is 2. The summed E-state index contributed by atoms with van der Waals surface area (Å²) in [5, 5.41) is 3.48. The quantitative estimate of drug-likeness (QED) is 0.456. The van der Waals surface area contributed by atoms with Gasteiger partial charge in [0.05, 0.1) is 0 Å². The molecule has 2 atom stereocenters. The summed E-state index contributed by atoms with van der Waals surface area (Å²) in [6.07, 6.45) is 6.70. The number of primary amides is 1. The van der Waals surface area contributed by atoms with Gasteiger partial charge >= 0.3 is 0 Å². The summed E-state index contributed by atoms with van der Waals surface area (Å²) in [7, 11) is 0. The van der Waals surface area contributed by atoms with Crippen LogP contribution < -0.4 is 11.1 Å². The Hall–Kier alpha value is -2.58. The van der Waals surface area contributed by atoms with E-state index in [4.69, 9.17) is 17.3 Å². The van der Waals surface area contributed by atoms with Crippen LogP contribution in [-0.2, 0) is 11.2 Å². The van der Waals surface area contributed by atoms with E-state index in [0.29, 0.717) is 42.0 Å². The summed E-state index contributed by atoms with van der Waals surface area (Å²) in [5.41, 5.74) is 6.02. The molecule has 4 rings (SSSR count). The number of carbonyl (C=O) groups excluding carboxylic acids is 2. The van der Waals surface area contributed by atoms with Crippen molar-refractivity contribution >= 4 is 23.4 Å². The molecule has 0 bridgehead atoms. The SMILES string of the molecule is CC(F)(F)C1([C@@H](CC(=O)NC[C@H](Cc2ccc(C(N)=O)cc2Cl)N2CCCC2)c2cccnc2)CC1. The van der Waals surface area contributed by atoms with E-state index < -0.39 is 23.2 Å². The normalized spacial score (nSPS) is 19.0. The van der Waals surface area contributed by atoms with Crippen molar-refractivity contribution in [2.45, 2.75) is 63.3 Å². The fourth-order valence-electron chi connectivity index (χ4n) is 5.49. The number of likely N-dealkylation sites (tertiary alicyclic amines) is 1. The number of halogens is 3. The van der Waals surface area contributed by atoms with Gasteiger partial charge in [0.25, 0.3) is 5.92 Å². The monoisotopic (exact) mass is 518 g/mol. The summed E-state index contributed by atoms with van der Waals surface area (Å²) in [5.74, 6) is -4.29. The van der Waals surface area contributed by atoms with Crippen LogP contribution in [0.25, 0.3) is 0 Å². The molecule has 2 amide bonds. The summed E-state index contributed by atoms with van der Waals surface area (Å²) in [4.78, 5) is 31.0. The lowest BCUT2D eigenvalue weighted by Gasteiger charge is -2.32. The number of hydrogen-bond donors (Lipinski definition) is 2. The number of carbonyl (C=O) groups is 2. The summed E-state index contributed by atoms with van der Waals surface area (Å²) < 4.78 is 29.3. The van der Waals surface area contributed by atoms with Crippen LogP contribution in [0.5, 0.6) is 0 Å². The number of nitrogens with zero attached hydrogens (tertiary/aromatic N) is 2. The number of nitrogens with one attached hydrogen (secondary N) is 1. The molecule has 2 fully saturated rings. The molecule has 0 unspecified atom stereocenters. The Morgan fingerprint density at radius 3 is 2.53 bits per heavy atom. The van der Waals surface area contributed by atoms with Gasteiger partial charge in [0, 0.05) is 53.3 Å². The van der Waals surface area contributed by atoms with Crippen LogP contribution in [0.15, 0.2) is 42.7 Å². The highest BCUT2D eigenvalue weighted by molar-refractivity contribution is 6.31. The molecule has 0 spiro atoms. The van der Waals surface area contributed by atoms with Crippen molar-refractivity contribution in [3.8, 4) is 0 Å². The van der Waals surface area contributed by atoms with Crippen LogP contribution in [0.4, 0.5) is 8.78 Å². The van der Waals surface area contributed by atoms with Crippen molar-refractivity contribution in [2.75, 3.05) is 19.6 Å². The first kappa shape index (κ1) is 26.5. The molecule has 6 nitrogen and oxygen atoms in total. The van der Waals surface area contributed by atoms with Crippen molar-refractivity contribution in [2.24, 2.45) is 11.1 Å². The van der Waals surface area contributed by atoms with Crippen molar-refractivity contribution < 1.29 is 18.4 Å². The maximum absolute atomic E-state index is 14.6. The highest BCUT2D eigenvalue weighted by Gasteiger charge is 2.63. The standard InChI is InChI=1S/C27H33ClF2N4O2/c1-26(29,30)27(8-9-27)22(20-5-4-10-32-16-20)15-24(35)33-17-21(34-11-2-3-12-34)13-18-6-7-19(25(31)36)14-23(18)28/h4-7,10,14,16,21-22H,2-3,8-9,11-13,15,17H2,1H3,(H2,31,36)(H,33,35)/t21-,22-/m0/s1. The smallest absolute Gasteiger partial charge is 0.251 e. The fourth-order valence-corrected chi connectivity index (χ4v) is 5.75. The van der Waals surface area contributed by atoms with Gasteiger partial charge in [-0.25, -0.2) is 8.78 Å². The van der Waals surface area contributed by atoms with E-state index in [1.165, 1.54) is 0 Å². The number of amides is 2. The van der Waals surface area contributed by atoms with Crippen molar-refractivity contribution in [1.29, 1.82) is 0 Å². The highest BCUT2D eigenvalue weighted by Crippen LogP contribution is 2.65. The van der Waals surface area contributed by atoms with Gasteiger partial charge in [-0.3, -0.25) is 19.5 Å². The zero-order chi connectivity index (χ0) is 25.9. The van der Waals surface area contributed by atoms with Crippen molar-refractivity contribution in [1.82, 2.24) is 15.2 Å². The van der Waals surface area contributed by atoms with Gasteiger partial charge < -0.3 is 11.1 Å². The maximum atomic E-state index is 14.6. The number of rotatable bonds is 11. The lowest BCUT2D eigenvalue weighted by atomic mass is 9.77. The first-order valence-corrected chi connectivity index (χ1v) is 12.9. The molecule has 1 aliphatic heterocycles. The molecule has 2 aromatic rings. The van der Waals surface area contributed by atoms with Gasteiger partial charge in [0.2, 0.25) is 11.8 Å². The molecule has 1 aromatic heterocycles. The van der Waals surface area contributed by atoms with E-state index >= 15 is 0 Å². The van der Waals surface area contributed by atoms with E-state index in [-0.39, 0.29) is 18.4 Å². The molecule has 1 saturated heterocycles. The van der Waals surface area contributed by atoms with Crippen LogP contribution in [0, 0.1) is 5.41 Å². The minimum atomic E-state index is -2.89. The topological polar surface area (TPSA) is 88.3 Å². The fraction of sp³-hybridized carbons (Fsp3) is 0.519. The zero-order valence-electron chi connectivity index (χ0n) is 20.5. The Balaban J connectivity index is 1.46. The third kappa shape index (κ3) is 5.86. The van der Waals surface area contributed by atoms with Crippen LogP contribution in [-0.4, -0.2) is 53.3 Å². The predicted molar refractivity (Wildman–Crippen MR) is 135 cm³/mol. The minimum Gasteiger partial charge on any atom is -0.366 e. The van der Waals surface area contributed by atoms with Crippen molar-refractivity contribution in [3.05, 3.63) is 64.4 Å². The number of aromatic nitrogens is 1. The molecule has 1 saturated carbocycles. The van der Waals surface area contributed by atoms with E-state index in [1.54, 1.807) is 42.7 Å². The lowest BCUT2D eigenvalue weighted by Crippen LogP contribution is -2.44. The summed E-state index contributed by atoms with van der Waals surface area (Å²) >= 11 is 6.43. The molecule has 9 heteroatoms. The Kier molecular flexibility index (Phi) is 7.95. The van der Waals surface area contributed by atoms with E-state index in [1.807, 2.05) is 0 Å². The third-order valence-corrected chi connectivity index (χ3v) is 8.14. The molecule has 0 radical (unpaired) electrons. The molecule has 2 aliphatic rings. The Bertz CT molecular complexity index is 1080. The van der Waals surface area contributed by atoms with E-state index in [0.717, 1.165) is 38.4 Å². The first-order chi connectivity index (χ1) is 17.1. The van der Waals surface area contributed by atoms with Gasteiger partial charge in [-0.1, -0.05) is 23.7 Å². The molecule has 36 heavy (non-hydrogen) atoms. The zero-order valence-corrected chi connectivity index (χ0v) is 21.2. The van der Waals surface area contributed by atoms with Crippen LogP contribution in [0.3, 0.4) is 0 Å². The van der Waals surface area contributed by atoms with E-state index in [9.17, 15) is 18.4 Å². The molecule has 2 heterocycles. The number of nitrogens with two attached hydrogens (primary N) is 1. The second-order valence-electron chi connectivity index (χ2n) is 10.2. The van der Waals surface area contributed by atoms with Gasteiger partial charge in [-0.2, -0.15) is 0 Å². The number of hydrogen-bond acceptors (Lipinski definition) is 4. The Morgan fingerprint density at radius 2 is 1.97 bits per heavy atom. The lowest BCUT2D eigenvalue weighted by molar-refractivity contribution is -0.123. The number of pyridine rings is 1. The molecule has 1 aliphatic carbocycles. The second-order valence-corrected chi connectivity index (χ2v) is 10.6. The third-order valence-electron chi connectivity index (χ3n) is 7.79. The largest absolute Gasteiger partial charge is 0.366 e. The van der Waals surface area contributed by atoms with Gasteiger partial charge in [-0.05, 0) is 81.4 Å². The average Bonchev–Trinajstić information content (AvgIpc) is 3.49.